The van der Waals surface area contributed by atoms with Crippen LogP contribution in [0.15, 0.2) is 35.0 Å². The van der Waals surface area contributed by atoms with E-state index in [4.69, 9.17) is 4.74 Å². The molecule has 0 radical (unpaired) electrons. The first-order chi connectivity index (χ1) is 7.69. The van der Waals surface area contributed by atoms with Crippen LogP contribution in [0.4, 0.5) is 0 Å². The summed E-state index contributed by atoms with van der Waals surface area (Å²) in [4.78, 5) is 15.5. The molecule has 0 atom stereocenters. The van der Waals surface area contributed by atoms with Crippen LogP contribution in [0.5, 0.6) is 5.75 Å². The Morgan fingerprint density at radius 3 is 2.50 bits per heavy atom. The summed E-state index contributed by atoms with van der Waals surface area (Å²) in [6.45, 7) is 1.76. The number of methoxy groups -OCH3 is 1. The van der Waals surface area contributed by atoms with Crippen molar-refractivity contribution in [2.24, 2.45) is 4.99 Å². The van der Waals surface area contributed by atoms with Gasteiger partial charge < -0.3 is 10.1 Å². The van der Waals surface area contributed by atoms with Crippen molar-refractivity contribution in [1.29, 1.82) is 0 Å². The monoisotopic (exact) mass is 216 g/mol. The molecule has 1 heterocycles. The normalized spacial score (nSPS) is 17.2. The van der Waals surface area contributed by atoms with Crippen LogP contribution in [0.3, 0.4) is 0 Å². The van der Waals surface area contributed by atoms with Crippen LogP contribution in [-0.4, -0.2) is 18.9 Å². The first kappa shape index (κ1) is 10.4. The van der Waals surface area contributed by atoms with Gasteiger partial charge in [0.2, 0.25) is 0 Å². The molecule has 1 amide bonds. The van der Waals surface area contributed by atoms with Gasteiger partial charge in [-0.3, -0.25) is 4.79 Å². The van der Waals surface area contributed by atoms with Crippen molar-refractivity contribution in [2.45, 2.75) is 6.92 Å². The van der Waals surface area contributed by atoms with E-state index in [1.807, 2.05) is 24.3 Å². The quantitative estimate of drug-likeness (QED) is 0.763. The highest BCUT2D eigenvalue weighted by Crippen LogP contribution is 2.15. The van der Waals surface area contributed by atoms with Crippen molar-refractivity contribution >= 4 is 17.8 Å². The van der Waals surface area contributed by atoms with Crippen molar-refractivity contribution < 1.29 is 9.53 Å². The van der Waals surface area contributed by atoms with Crippen molar-refractivity contribution in [1.82, 2.24) is 5.32 Å². The molecule has 16 heavy (non-hydrogen) atoms. The van der Waals surface area contributed by atoms with Crippen LogP contribution < -0.4 is 10.1 Å². The van der Waals surface area contributed by atoms with E-state index < -0.39 is 0 Å². The second kappa shape index (κ2) is 4.18. The zero-order valence-electron chi connectivity index (χ0n) is 9.15. The number of hydrogen-bond donors (Lipinski definition) is 1. The molecule has 1 aliphatic rings. The van der Waals surface area contributed by atoms with E-state index in [0.29, 0.717) is 11.5 Å². The molecule has 1 aromatic rings. The Balaban J connectivity index is 2.26. The Morgan fingerprint density at radius 1 is 1.31 bits per heavy atom. The van der Waals surface area contributed by atoms with E-state index in [2.05, 4.69) is 10.3 Å². The van der Waals surface area contributed by atoms with E-state index >= 15 is 0 Å². The lowest BCUT2D eigenvalue weighted by Gasteiger charge is -1.99. The van der Waals surface area contributed by atoms with Crippen LogP contribution >= 0.6 is 0 Å². The maximum Gasteiger partial charge on any atom is 0.275 e. The number of amidine groups is 1. The molecule has 4 nitrogen and oxygen atoms in total. The molecular weight excluding hydrogens is 204 g/mol. The first-order valence-electron chi connectivity index (χ1n) is 4.91. The summed E-state index contributed by atoms with van der Waals surface area (Å²) in [6.07, 6.45) is 1.74. The molecule has 1 aliphatic heterocycles. The van der Waals surface area contributed by atoms with Crippen LogP contribution in [0.2, 0.25) is 0 Å². The van der Waals surface area contributed by atoms with Crippen molar-refractivity contribution in [2.75, 3.05) is 7.11 Å². The van der Waals surface area contributed by atoms with Gasteiger partial charge in [-0.15, -0.1) is 0 Å². The number of carbonyl (C=O) groups excluding carboxylic acids is 1. The van der Waals surface area contributed by atoms with Crippen LogP contribution in [0.25, 0.3) is 6.08 Å². The summed E-state index contributed by atoms with van der Waals surface area (Å²) in [7, 11) is 1.62. The van der Waals surface area contributed by atoms with E-state index in [1.165, 1.54) is 0 Å². The third-order valence-corrected chi connectivity index (χ3v) is 2.23. The topological polar surface area (TPSA) is 50.7 Å². The highest BCUT2D eigenvalue weighted by Gasteiger charge is 2.16. The van der Waals surface area contributed by atoms with Gasteiger partial charge in [0.1, 0.15) is 17.3 Å². The fourth-order valence-corrected chi connectivity index (χ4v) is 1.44. The number of rotatable bonds is 2. The number of amides is 1. The summed E-state index contributed by atoms with van der Waals surface area (Å²) in [6, 6.07) is 7.44. The number of nitrogens with one attached hydrogen (secondary N) is 1. The van der Waals surface area contributed by atoms with Gasteiger partial charge >= 0.3 is 0 Å². The average molecular weight is 216 g/mol. The molecule has 0 aromatic heterocycles. The predicted octanol–water partition coefficient (Wildman–Crippen LogP) is 1.58. The Labute approximate surface area is 93.6 Å². The van der Waals surface area contributed by atoms with Gasteiger partial charge in [0.15, 0.2) is 0 Å². The second-order valence-electron chi connectivity index (χ2n) is 3.45. The van der Waals surface area contributed by atoms with Gasteiger partial charge in [-0.05, 0) is 30.7 Å². The number of benzene rings is 1. The Bertz CT molecular complexity index is 472. The minimum absolute atomic E-state index is 0.159. The molecule has 0 spiro atoms. The van der Waals surface area contributed by atoms with Crippen LogP contribution in [-0.2, 0) is 4.79 Å². The Hall–Kier alpha value is -2.10. The number of hydrogen-bond acceptors (Lipinski definition) is 3. The summed E-state index contributed by atoms with van der Waals surface area (Å²) in [5.74, 6) is 1.26. The Kier molecular flexibility index (Phi) is 2.72. The van der Waals surface area contributed by atoms with Gasteiger partial charge in [-0.2, -0.15) is 0 Å². The van der Waals surface area contributed by atoms with Gasteiger partial charge in [-0.25, -0.2) is 4.99 Å². The predicted molar refractivity (Wildman–Crippen MR) is 62.2 cm³/mol. The fraction of sp³-hybridized carbons (Fsp3) is 0.167. The maximum absolute atomic E-state index is 11.4. The van der Waals surface area contributed by atoms with Gasteiger partial charge in [0.25, 0.3) is 5.91 Å². The van der Waals surface area contributed by atoms with E-state index in [0.717, 1.165) is 11.3 Å². The smallest absolute Gasteiger partial charge is 0.275 e. The van der Waals surface area contributed by atoms with E-state index in [9.17, 15) is 4.79 Å². The molecule has 0 fully saturated rings. The summed E-state index contributed by atoms with van der Waals surface area (Å²) in [5.41, 5.74) is 1.35. The lowest BCUT2D eigenvalue weighted by Crippen LogP contribution is -2.21. The average Bonchev–Trinajstić information content (AvgIpc) is 2.59. The zero-order chi connectivity index (χ0) is 11.5. The summed E-state index contributed by atoms with van der Waals surface area (Å²) >= 11 is 0. The van der Waals surface area contributed by atoms with Gasteiger partial charge in [0.05, 0.1) is 7.11 Å². The minimum atomic E-state index is -0.159. The maximum atomic E-state index is 11.4. The lowest BCUT2D eigenvalue weighted by atomic mass is 10.2. The lowest BCUT2D eigenvalue weighted by molar-refractivity contribution is -0.115. The fourth-order valence-electron chi connectivity index (χ4n) is 1.44. The third kappa shape index (κ3) is 2.11. The molecule has 4 heteroatoms. The van der Waals surface area contributed by atoms with Crippen molar-refractivity contribution in [3.05, 3.63) is 35.5 Å². The molecule has 0 saturated carbocycles. The summed E-state index contributed by atoms with van der Waals surface area (Å²) in [5, 5.41) is 2.63. The second-order valence-corrected chi connectivity index (χ2v) is 3.45. The van der Waals surface area contributed by atoms with Gasteiger partial charge in [-0.1, -0.05) is 12.1 Å². The molecule has 0 bridgehead atoms. The zero-order valence-corrected chi connectivity index (χ0v) is 9.15. The SMILES string of the molecule is COc1ccc(C=C2N=C(C)NC2=O)cc1. The molecule has 2 rings (SSSR count). The van der Waals surface area contributed by atoms with Crippen molar-refractivity contribution in [3.8, 4) is 5.75 Å². The van der Waals surface area contributed by atoms with Crippen LogP contribution in [0, 0.1) is 0 Å². The standard InChI is InChI=1S/C12H12N2O2/c1-8-13-11(12(15)14-8)7-9-3-5-10(16-2)6-4-9/h3-7H,1-2H3,(H,13,14,15). The number of ether oxygens (including phenoxy) is 1. The molecule has 82 valence electrons. The molecule has 0 unspecified atom stereocenters. The largest absolute Gasteiger partial charge is 0.497 e. The highest BCUT2D eigenvalue weighted by molar-refractivity contribution is 6.13. The number of carbonyl (C=O) groups is 1. The van der Waals surface area contributed by atoms with E-state index in [-0.39, 0.29) is 5.91 Å². The Morgan fingerprint density at radius 2 is 2.00 bits per heavy atom. The number of aliphatic imine (C=N–C) groups is 1. The number of nitrogens with zero attached hydrogens (tertiary/aromatic N) is 1. The minimum Gasteiger partial charge on any atom is -0.497 e. The van der Waals surface area contributed by atoms with E-state index in [1.54, 1.807) is 20.1 Å². The molecule has 1 aromatic carbocycles. The third-order valence-electron chi connectivity index (χ3n) is 2.23. The molecule has 0 aliphatic carbocycles. The molecule has 0 saturated heterocycles. The van der Waals surface area contributed by atoms with Gasteiger partial charge in [0, 0.05) is 0 Å². The van der Waals surface area contributed by atoms with Crippen molar-refractivity contribution in [3.63, 3.8) is 0 Å². The van der Waals surface area contributed by atoms with Crippen LogP contribution in [0.1, 0.15) is 12.5 Å². The summed E-state index contributed by atoms with van der Waals surface area (Å²) < 4.78 is 5.05. The highest BCUT2D eigenvalue weighted by atomic mass is 16.5. The molecule has 1 N–H and O–H groups in total. The molecular formula is C12H12N2O2. The first-order valence-corrected chi connectivity index (χ1v) is 4.91.